The van der Waals surface area contributed by atoms with E-state index in [0.29, 0.717) is 6.04 Å². The lowest BCUT2D eigenvalue weighted by molar-refractivity contribution is 0.276. The van der Waals surface area contributed by atoms with Gasteiger partial charge in [-0.3, -0.25) is 0 Å². The molecule has 0 aliphatic heterocycles. The van der Waals surface area contributed by atoms with Gasteiger partial charge in [0.15, 0.2) is 5.82 Å². The molecule has 0 unspecified atom stereocenters. The van der Waals surface area contributed by atoms with E-state index in [1.54, 1.807) is 0 Å². The lowest BCUT2D eigenvalue weighted by atomic mass is 10.3. The molecule has 0 aliphatic rings. The molecule has 68 valence electrons. The van der Waals surface area contributed by atoms with Gasteiger partial charge in [0.1, 0.15) is 0 Å². The maximum Gasteiger partial charge on any atom is 0.175 e. The minimum atomic E-state index is 0.567. The highest BCUT2D eigenvalue weighted by molar-refractivity contribution is 4.77. The van der Waals surface area contributed by atoms with Crippen molar-refractivity contribution in [2.75, 3.05) is 13.6 Å². The summed E-state index contributed by atoms with van der Waals surface area (Å²) in [7, 11) is 2.09. The number of rotatable bonds is 4. The standard InChI is InChI=1S/C7H15N5/c1-6(2)12(3)5-4-7-8-10-11-9-7/h6H,4-5H2,1-3H3,(H,8,9,10,11). The summed E-state index contributed by atoms with van der Waals surface area (Å²) in [5, 5.41) is 13.7. The fourth-order valence-corrected chi connectivity index (χ4v) is 0.823. The van der Waals surface area contributed by atoms with Crippen molar-refractivity contribution in [2.24, 2.45) is 0 Å². The summed E-state index contributed by atoms with van der Waals surface area (Å²) in [4.78, 5) is 2.25. The molecular formula is C7H15N5. The van der Waals surface area contributed by atoms with Crippen molar-refractivity contribution in [1.82, 2.24) is 25.5 Å². The third-order valence-electron chi connectivity index (χ3n) is 1.96. The van der Waals surface area contributed by atoms with Crippen molar-refractivity contribution in [3.63, 3.8) is 0 Å². The fourth-order valence-electron chi connectivity index (χ4n) is 0.823. The Hall–Kier alpha value is -0.970. The van der Waals surface area contributed by atoms with Crippen LogP contribution < -0.4 is 0 Å². The Bertz CT molecular complexity index is 206. The highest BCUT2D eigenvalue weighted by Gasteiger charge is 2.04. The molecule has 0 saturated carbocycles. The molecule has 5 nitrogen and oxygen atoms in total. The molecule has 0 spiro atoms. The van der Waals surface area contributed by atoms with E-state index in [1.807, 2.05) is 0 Å². The van der Waals surface area contributed by atoms with Gasteiger partial charge in [0.05, 0.1) is 0 Å². The van der Waals surface area contributed by atoms with Crippen LogP contribution in [0.15, 0.2) is 0 Å². The van der Waals surface area contributed by atoms with Crippen LogP contribution in [0, 0.1) is 0 Å². The molecule has 1 rings (SSSR count). The predicted molar refractivity (Wildman–Crippen MR) is 45.6 cm³/mol. The van der Waals surface area contributed by atoms with Crippen LogP contribution in [0.25, 0.3) is 0 Å². The zero-order valence-corrected chi connectivity index (χ0v) is 7.78. The second kappa shape index (κ2) is 4.15. The molecule has 0 bridgehead atoms. The van der Waals surface area contributed by atoms with Crippen LogP contribution in [0.5, 0.6) is 0 Å². The van der Waals surface area contributed by atoms with E-state index < -0.39 is 0 Å². The second-order valence-corrected chi connectivity index (χ2v) is 3.15. The maximum atomic E-state index is 3.87. The average molecular weight is 169 g/mol. The van der Waals surface area contributed by atoms with Crippen LogP contribution in [0.4, 0.5) is 0 Å². The van der Waals surface area contributed by atoms with Gasteiger partial charge in [-0.1, -0.05) is 5.21 Å². The fraction of sp³-hybridized carbons (Fsp3) is 0.857. The van der Waals surface area contributed by atoms with Crippen LogP contribution in [-0.2, 0) is 6.42 Å². The van der Waals surface area contributed by atoms with Crippen LogP contribution >= 0.6 is 0 Å². The van der Waals surface area contributed by atoms with Crippen molar-refractivity contribution in [3.8, 4) is 0 Å². The van der Waals surface area contributed by atoms with Gasteiger partial charge in [0.25, 0.3) is 0 Å². The molecule has 0 saturated heterocycles. The lowest BCUT2D eigenvalue weighted by Gasteiger charge is -2.19. The zero-order valence-electron chi connectivity index (χ0n) is 7.78. The quantitative estimate of drug-likeness (QED) is 0.693. The minimum absolute atomic E-state index is 0.567. The topological polar surface area (TPSA) is 57.7 Å². The maximum absolute atomic E-state index is 3.87. The number of hydrogen-bond acceptors (Lipinski definition) is 4. The van der Waals surface area contributed by atoms with Gasteiger partial charge in [0, 0.05) is 19.0 Å². The number of likely N-dealkylation sites (N-methyl/N-ethyl adjacent to an activating group) is 1. The molecule has 0 aliphatic carbocycles. The first-order valence-electron chi connectivity index (χ1n) is 4.12. The Balaban J connectivity index is 2.27. The van der Waals surface area contributed by atoms with Crippen molar-refractivity contribution in [1.29, 1.82) is 0 Å². The number of aromatic amines is 1. The highest BCUT2D eigenvalue weighted by Crippen LogP contribution is 1.95. The molecule has 0 aromatic carbocycles. The molecule has 1 N–H and O–H groups in total. The van der Waals surface area contributed by atoms with Gasteiger partial charge in [-0.2, -0.15) is 5.21 Å². The molecule has 0 fully saturated rings. The van der Waals surface area contributed by atoms with Crippen LogP contribution in [-0.4, -0.2) is 45.2 Å². The van der Waals surface area contributed by atoms with E-state index in [9.17, 15) is 0 Å². The van der Waals surface area contributed by atoms with Gasteiger partial charge in [-0.15, -0.1) is 10.2 Å². The summed E-state index contributed by atoms with van der Waals surface area (Å²) in [5.74, 6) is 0.780. The summed E-state index contributed by atoms with van der Waals surface area (Å²) in [6.07, 6.45) is 0.852. The van der Waals surface area contributed by atoms with Crippen molar-refractivity contribution in [3.05, 3.63) is 5.82 Å². The zero-order chi connectivity index (χ0) is 8.97. The SMILES string of the molecule is CC(C)N(C)CCc1nn[nH]n1. The Morgan fingerprint density at radius 2 is 2.25 bits per heavy atom. The van der Waals surface area contributed by atoms with E-state index >= 15 is 0 Å². The monoisotopic (exact) mass is 169 g/mol. The lowest BCUT2D eigenvalue weighted by Crippen LogP contribution is -2.28. The number of nitrogens with one attached hydrogen (secondary N) is 1. The van der Waals surface area contributed by atoms with Crippen molar-refractivity contribution >= 4 is 0 Å². The molecular weight excluding hydrogens is 154 g/mol. The van der Waals surface area contributed by atoms with Gasteiger partial charge >= 0.3 is 0 Å². The number of hydrogen-bond donors (Lipinski definition) is 1. The summed E-state index contributed by atoms with van der Waals surface area (Å²) in [6.45, 7) is 5.30. The Kier molecular flexibility index (Phi) is 3.16. The molecule has 5 heteroatoms. The average Bonchev–Trinajstić information content (AvgIpc) is 2.51. The number of nitrogens with zero attached hydrogens (tertiary/aromatic N) is 4. The van der Waals surface area contributed by atoms with Gasteiger partial charge in [0.2, 0.25) is 0 Å². The van der Waals surface area contributed by atoms with Gasteiger partial charge in [-0.25, -0.2) is 0 Å². The number of H-pyrrole nitrogens is 1. The van der Waals surface area contributed by atoms with Crippen LogP contribution in [0.3, 0.4) is 0 Å². The molecule has 0 atom stereocenters. The smallest absolute Gasteiger partial charge is 0.175 e. The summed E-state index contributed by atoms with van der Waals surface area (Å²) < 4.78 is 0. The van der Waals surface area contributed by atoms with E-state index in [2.05, 4.69) is 46.4 Å². The van der Waals surface area contributed by atoms with E-state index in [-0.39, 0.29) is 0 Å². The Morgan fingerprint density at radius 1 is 1.50 bits per heavy atom. The third-order valence-corrected chi connectivity index (χ3v) is 1.96. The molecule has 1 aromatic rings. The molecule has 0 amide bonds. The number of tetrazole rings is 1. The third kappa shape index (κ3) is 2.58. The first kappa shape index (κ1) is 9.12. The second-order valence-electron chi connectivity index (χ2n) is 3.15. The van der Waals surface area contributed by atoms with Gasteiger partial charge < -0.3 is 4.90 Å². The summed E-state index contributed by atoms with van der Waals surface area (Å²) in [5.41, 5.74) is 0. The highest BCUT2D eigenvalue weighted by atomic mass is 15.5. The van der Waals surface area contributed by atoms with E-state index in [1.165, 1.54) is 0 Å². The Labute approximate surface area is 72.2 Å². The van der Waals surface area contributed by atoms with Crippen LogP contribution in [0.1, 0.15) is 19.7 Å². The van der Waals surface area contributed by atoms with E-state index in [0.717, 1.165) is 18.8 Å². The minimum Gasteiger partial charge on any atom is -0.304 e. The molecule has 0 radical (unpaired) electrons. The number of aromatic nitrogens is 4. The summed E-state index contributed by atoms with van der Waals surface area (Å²) in [6, 6.07) is 0.567. The Morgan fingerprint density at radius 3 is 2.75 bits per heavy atom. The van der Waals surface area contributed by atoms with Crippen molar-refractivity contribution < 1.29 is 0 Å². The first-order valence-corrected chi connectivity index (χ1v) is 4.12. The molecule has 12 heavy (non-hydrogen) atoms. The van der Waals surface area contributed by atoms with E-state index in [4.69, 9.17) is 0 Å². The normalized spacial score (nSPS) is 11.4. The largest absolute Gasteiger partial charge is 0.304 e. The van der Waals surface area contributed by atoms with Gasteiger partial charge in [-0.05, 0) is 20.9 Å². The van der Waals surface area contributed by atoms with Crippen molar-refractivity contribution in [2.45, 2.75) is 26.3 Å². The molecule has 1 heterocycles. The summed E-state index contributed by atoms with van der Waals surface area (Å²) >= 11 is 0. The molecule has 1 aromatic heterocycles. The van der Waals surface area contributed by atoms with Crippen LogP contribution in [0.2, 0.25) is 0 Å². The first-order chi connectivity index (χ1) is 5.70. The predicted octanol–water partition coefficient (Wildman–Crippen LogP) is 0.0824.